The van der Waals surface area contributed by atoms with Crippen LogP contribution < -0.4 is 9.47 Å². The molecule has 0 saturated carbocycles. The molecule has 0 spiro atoms. The van der Waals surface area contributed by atoms with Crippen molar-refractivity contribution in [2.75, 3.05) is 14.2 Å². The Morgan fingerprint density at radius 1 is 1.00 bits per heavy atom. The molecule has 0 unspecified atom stereocenters. The van der Waals surface area contributed by atoms with E-state index in [1.165, 1.54) is 12.3 Å². The summed E-state index contributed by atoms with van der Waals surface area (Å²) in [5.74, 6) is 0.812. The van der Waals surface area contributed by atoms with Crippen LogP contribution in [0.15, 0.2) is 41.4 Å². The highest BCUT2D eigenvalue weighted by Crippen LogP contribution is 2.31. The van der Waals surface area contributed by atoms with Crippen molar-refractivity contribution in [2.24, 2.45) is 4.99 Å². The van der Waals surface area contributed by atoms with Gasteiger partial charge in [0.2, 0.25) is 0 Å². The van der Waals surface area contributed by atoms with E-state index >= 15 is 0 Å². The summed E-state index contributed by atoms with van der Waals surface area (Å²) in [6, 6.07) is 9.91. The second kappa shape index (κ2) is 5.97. The minimum absolute atomic E-state index is 0.179. The number of aromatic hydroxyl groups is 2. The lowest BCUT2D eigenvalue weighted by atomic mass is 10.2. The minimum atomic E-state index is -0.197. The highest BCUT2D eigenvalue weighted by atomic mass is 16.5. The lowest BCUT2D eigenvalue weighted by molar-refractivity contribution is 0.355. The predicted molar refractivity (Wildman–Crippen MR) is 76.6 cm³/mol. The molecule has 5 heteroatoms. The summed E-state index contributed by atoms with van der Waals surface area (Å²) in [7, 11) is 3.11. The standard InChI is InChI=1S/C15H15NO4/c1-19-13-7-6-11(8-14(13)20-2)16-9-10-4-3-5-12(17)15(10)18/h3-9,17-18H,1-2H3. The SMILES string of the molecule is COc1ccc(N=Cc2cccc(O)c2O)cc1OC. The van der Waals surface area contributed by atoms with Crippen LogP contribution in [0.5, 0.6) is 23.0 Å². The first-order valence-corrected chi connectivity index (χ1v) is 5.92. The molecule has 0 aliphatic rings. The molecule has 2 N–H and O–H groups in total. The van der Waals surface area contributed by atoms with Crippen molar-refractivity contribution < 1.29 is 19.7 Å². The molecule has 0 aromatic heterocycles. The number of ether oxygens (including phenoxy) is 2. The quantitative estimate of drug-likeness (QED) is 0.663. The molecule has 0 atom stereocenters. The number of nitrogens with zero attached hydrogens (tertiary/aromatic N) is 1. The zero-order valence-corrected chi connectivity index (χ0v) is 11.2. The fourth-order valence-corrected chi connectivity index (χ4v) is 1.70. The third kappa shape index (κ3) is 2.83. The van der Waals surface area contributed by atoms with Gasteiger partial charge in [-0.1, -0.05) is 6.07 Å². The molecule has 0 aliphatic carbocycles. The Bertz CT molecular complexity index is 638. The molecule has 0 aliphatic heterocycles. The predicted octanol–water partition coefficient (Wildman–Crippen LogP) is 2.87. The molecule has 5 nitrogen and oxygen atoms in total. The highest BCUT2D eigenvalue weighted by molar-refractivity contribution is 5.86. The van der Waals surface area contributed by atoms with Crippen LogP contribution >= 0.6 is 0 Å². The van der Waals surface area contributed by atoms with Gasteiger partial charge in [0.1, 0.15) is 0 Å². The lowest BCUT2D eigenvalue weighted by Gasteiger charge is -2.07. The van der Waals surface area contributed by atoms with Gasteiger partial charge in [-0.05, 0) is 24.3 Å². The van der Waals surface area contributed by atoms with Crippen LogP contribution in [0.2, 0.25) is 0 Å². The number of hydrogen-bond donors (Lipinski definition) is 2. The van der Waals surface area contributed by atoms with Gasteiger partial charge in [-0.3, -0.25) is 4.99 Å². The number of methoxy groups -OCH3 is 2. The van der Waals surface area contributed by atoms with E-state index in [4.69, 9.17) is 9.47 Å². The summed E-state index contributed by atoms with van der Waals surface area (Å²) < 4.78 is 10.3. The van der Waals surface area contributed by atoms with Gasteiger partial charge in [0.15, 0.2) is 23.0 Å². The number of phenolic OH excluding ortho intramolecular Hbond substituents is 2. The van der Waals surface area contributed by atoms with Crippen molar-refractivity contribution in [3.8, 4) is 23.0 Å². The fourth-order valence-electron chi connectivity index (χ4n) is 1.70. The first-order valence-electron chi connectivity index (χ1n) is 5.92. The van der Waals surface area contributed by atoms with Gasteiger partial charge in [0.05, 0.1) is 19.9 Å². The van der Waals surface area contributed by atoms with E-state index < -0.39 is 0 Å². The lowest BCUT2D eigenvalue weighted by Crippen LogP contribution is -1.89. The summed E-state index contributed by atoms with van der Waals surface area (Å²) in [5.41, 5.74) is 1.07. The third-order valence-electron chi connectivity index (χ3n) is 2.77. The zero-order chi connectivity index (χ0) is 14.5. The fraction of sp³-hybridized carbons (Fsp3) is 0.133. The number of hydrogen-bond acceptors (Lipinski definition) is 5. The third-order valence-corrected chi connectivity index (χ3v) is 2.77. The number of benzene rings is 2. The Morgan fingerprint density at radius 2 is 1.75 bits per heavy atom. The number of rotatable bonds is 4. The normalized spacial score (nSPS) is 10.7. The highest BCUT2D eigenvalue weighted by Gasteiger charge is 2.05. The van der Waals surface area contributed by atoms with Crippen LogP contribution in [0.3, 0.4) is 0 Å². The van der Waals surface area contributed by atoms with E-state index in [0.29, 0.717) is 22.7 Å². The Morgan fingerprint density at radius 3 is 2.45 bits per heavy atom. The maximum Gasteiger partial charge on any atom is 0.166 e. The molecule has 104 valence electrons. The Balaban J connectivity index is 2.29. The van der Waals surface area contributed by atoms with E-state index in [-0.39, 0.29) is 11.5 Å². The van der Waals surface area contributed by atoms with Gasteiger partial charge in [-0.25, -0.2) is 0 Å². The number of phenols is 2. The van der Waals surface area contributed by atoms with Gasteiger partial charge >= 0.3 is 0 Å². The zero-order valence-electron chi connectivity index (χ0n) is 11.2. The van der Waals surface area contributed by atoms with Crippen molar-refractivity contribution in [3.63, 3.8) is 0 Å². The second-order valence-corrected chi connectivity index (χ2v) is 4.01. The first-order chi connectivity index (χ1) is 9.65. The minimum Gasteiger partial charge on any atom is -0.504 e. The van der Waals surface area contributed by atoms with E-state index in [9.17, 15) is 10.2 Å². The second-order valence-electron chi connectivity index (χ2n) is 4.01. The summed E-state index contributed by atoms with van der Waals surface area (Å²) in [6.07, 6.45) is 1.47. The van der Waals surface area contributed by atoms with Gasteiger partial charge in [-0.15, -0.1) is 0 Å². The van der Waals surface area contributed by atoms with Crippen LogP contribution in [0.25, 0.3) is 0 Å². The van der Waals surface area contributed by atoms with E-state index in [1.807, 2.05) is 0 Å². The van der Waals surface area contributed by atoms with Crippen LogP contribution in [0, 0.1) is 0 Å². The molecular weight excluding hydrogens is 258 g/mol. The van der Waals surface area contributed by atoms with E-state index in [1.54, 1.807) is 44.6 Å². The van der Waals surface area contributed by atoms with E-state index in [0.717, 1.165) is 0 Å². The van der Waals surface area contributed by atoms with Crippen molar-refractivity contribution >= 4 is 11.9 Å². The van der Waals surface area contributed by atoms with Crippen molar-refractivity contribution in [3.05, 3.63) is 42.0 Å². The smallest absolute Gasteiger partial charge is 0.166 e. The van der Waals surface area contributed by atoms with Crippen LogP contribution in [-0.2, 0) is 0 Å². The Kier molecular flexibility index (Phi) is 4.10. The van der Waals surface area contributed by atoms with E-state index in [2.05, 4.69) is 4.99 Å². The van der Waals surface area contributed by atoms with Crippen LogP contribution in [0.4, 0.5) is 5.69 Å². The molecule has 20 heavy (non-hydrogen) atoms. The first kappa shape index (κ1) is 13.7. The van der Waals surface area contributed by atoms with Crippen molar-refractivity contribution in [1.82, 2.24) is 0 Å². The van der Waals surface area contributed by atoms with Gasteiger partial charge in [0, 0.05) is 17.8 Å². The number of para-hydroxylation sites is 1. The molecule has 0 bridgehead atoms. The van der Waals surface area contributed by atoms with Crippen LogP contribution in [-0.4, -0.2) is 30.6 Å². The maximum absolute atomic E-state index is 9.67. The van der Waals surface area contributed by atoms with Crippen molar-refractivity contribution in [1.29, 1.82) is 0 Å². The Labute approximate surface area is 116 Å². The van der Waals surface area contributed by atoms with Crippen LogP contribution in [0.1, 0.15) is 5.56 Å². The topological polar surface area (TPSA) is 71.3 Å². The van der Waals surface area contributed by atoms with Gasteiger partial charge in [-0.2, -0.15) is 0 Å². The average molecular weight is 273 g/mol. The number of aliphatic imine (C=N–C) groups is 1. The maximum atomic E-state index is 9.67. The van der Waals surface area contributed by atoms with Gasteiger partial charge in [0.25, 0.3) is 0 Å². The molecule has 2 aromatic carbocycles. The molecule has 2 rings (SSSR count). The molecule has 0 heterocycles. The Hall–Kier alpha value is -2.69. The summed E-state index contributed by atoms with van der Waals surface area (Å²) >= 11 is 0. The van der Waals surface area contributed by atoms with Crippen molar-refractivity contribution in [2.45, 2.75) is 0 Å². The molecule has 0 fully saturated rings. The average Bonchev–Trinajstić information content (AvgIpc) is 2.48. The summed E-state index contributed by atoms with van der Waals surface area (Å²) in [5, 5.41) is 19.1. The monoisotopic (exact) mass is 273 g/mol. The molecule has 0 amide bonds. The summed E-state index contributed by atoms with van der Waals surface area (Å²) in [6.45, 7) is 0. The molecule has 2 aromatic rings. The summed E-state index contributed by atoms with van der Waals surface area (Å²) in [4.78, 5) is 4.23. The molecule has 0 saturated heterocycles. The largest absolute Gasteiger partial charge is 0.504 e. The molecule has 0 radical (unpaired) electrons. The van der Waals surface area contributed by atoms with Gasteiger partial charge < -0.3 is 19.7 Å². The molecular formula is C15H15NO4.